The van der Waals surface area contributed by atoms with Crippen LogP contribution in [0.4, 0.5) is 8.78 Å². The van der Waals surface area contributed by atoms with E-state index in [9.17, 15) is 8.78 Å². The highest BCUT2D eigenvalue weighted by molar-refractivity contribution is 4.35. The molecular weight excluding hydrogens is 100 g/mol. The van der Waals surface area contributed by atoms with E-state index in [-0.39, 0.29) is 0 Å². The molecule has 0 radical (unpaired) electrons. The lowest BCUT2D eigenvalue weighted by Crippen LogP contribution is -2.20. The fraction of sp³-hybridized carbons (Fsp3) is 1.00. The maximum Gasteiger partial charge on any atom is 0.144 e. The monoisotopic (exact) mass is 109 g/mol. The predicted molar refractivity (Wildman–Crippen MR) is 24.3 cm³/mol. The van der Waals surface area contributed by atoms with Crippen molar-refractivity contribution >= 4 is 0 Å². The van der Waals surface area contributed by atoms with Gasteiger partial charge in [-0.3, -0.25) is 0 Å². The maximum absolute atomic E-state index is 11.3. The van der Waals surface area contributed by atoms with Gasteiger partial charge < -0.3 is 0 Å². The Kier molecular flexibility index (Phi) is 3.89. The smallest absolute Gasteiger partial charge is 0.144 e. The van der Waals surface area contributed by atoms with Gasteiger partial charge in [0.1, 0.15) is 13.6 Å². The Morgan fingerprint density at radius 3 is 1.71 bits per heavy atom. The fourth-order valence-electron chi connectivity index (χ4n) is 0.201. The van der Waals surface area contributed by atoms with Gasteiger partial charge in [-0.1, -0.05) is 6.92 Å². The van der Waals surface area contributed by atoms with Crippen molar-refractivity contribution < 1.29 is 8.78 Å². The fourth-order valence-corrected chi connectivity index (χ4v) is 0.201. The number of alkyl halides is 2. The lowest BCUT2D eigenvalue weighted by atomic mass is 10.7. The molecule has 0 aliphatic rings. The Morgan fingerprint density at radius 2 is 1.71 bits per heavy atom. The summed E-state index contributed by atoms with van der Waals surface area (Å²) in [5.41, 5.74) is 0. The van der Waals surface area contributed by atoms with Crippen molar-refractivity contribution in [2.24, 2.45) is 0 Å². The summed E-state index contributed by atoms with van der Waals surface area (Å²) in [6.45, 7) is 0.770. The van der Waals surface area contributed by atoms with Crippen LogP contribution in [-0.4, -0.2) is 25.0 Å². The third kappa shape index (κ3) is 2.51. The molecule has 0 aromatic rings. The van der Waals surface area contributed by atoms with Crippen LogP contribution in [0.1, 0.15) is 6.92 Å². The van der Waals surface area contributed by atoms with Crippen LogP contribution in [0.3, 0.4) is 0 Å². The van der Waals surface area contributed by atoms with Crippen LogP contribution in [0.5, 0.6) is 0 Å². The minimum absolute atomic E-state index is 0.438. The molecule has 1 nitrogen and oxygen atoms in total. The topological polar surface area (TPSA) is 3.24 Å². The van der Waals surface area contributed by atoms with Crippen LogP contribution in [0.15, 0.2) is 0 Å². The van der Waals surface area contributed by atoms with Gasteiger partial charge in [-0.25, -0.2) is 13.7 Å². The van der Waals surface area contributed by atoms with E-state index in [0.717, 1.165) is 4.90 Å². The van der Waals surface area contributed by atoms with Crippen molar-refractivity contribution in [1.82, 2.24) is 4.90 Å². The molecule has 44 valence electrons. The van der Waals surface area contributed by atoms with E-state index in [1.807, 2.05) is 0 Å². The molecule has 0 heterocycles. The summed E-state index contributed by atoms with van der Waals surface area (Å²) in [5, 5.41) is 0. The van der Waals surface area contributed by atoms with E-state index in [1.54, 1.807) is 6.92 Å². The summed E-state index contributed by atoms with van der Waals surface area (Å²) in [6, 6.07) is 0. The summed E-state index contributed by atoms with van der Waals surface area (Å²) < 4.78 is 22.7. The molecule has 0 aromatic carbocycles. The largest absolute Gasteiger partial charge is 0.249 e. The Balaban J connectivity index is 2.99. The zero-order valence-corrected chi connectivity index (χ0v) is 4.32. The lowest BCUT2D eigenvalue weighted by Gasteiger charge is -2.07. The molecule has 0 N–H and O–H groups in total. The maximum atomic E-state index is 11.3. The molecule has 0 bridgehead atoms. The minimum atomic E-state index is -0.688. The molecule has 0 aliphatic heterocycles. The van der Waals surface area contributed by atoms with Crippen molar-refractivity contribution in [3.8, 4) is 0 Å². The molecule has 0 rings (SSSR count). The number of hydrogen-bond acceptors (Lipinski definition) is 1. The van der Waals surface area contributed by atoms with Crippen LogP contribution in [-0.2, 0) is 0 Å². The Bertz CT molecular complexity index is 31.2. The highest BCUT2D eigenvalue weighted by Crippen LogP contribution is 1.85. The SMILES string of the molecule is CCN(CF)CF. The number of halogens is 2. The second-order valence-corrected chi connectivity index (χ2v) is 1.23. The summed E-state index contributed by atoms with van der Waals surface area (Å²) in [4.78, 5) is 1.04. The molecule has 0 saturated carbocycles. The highest BCUT2D eigenvalue weighted by atomic mass is 19.1. The van der Waals surface area contributed by atoms with E-state index >= 15 is 0 Å². The third-order valence-corrected chi connectivity index (χ3v) is 0.785. The van der Waals surface area contributed by atoms with E-state index in [1.165, 1.54) is 0 Å². The molecule has 0 fully saturated rings. The molecule has 3 heteroatoms. The van der Waals surface area contributed by atoms with Crippen molar-refractivity contribution in [3.05, 3.63) is 0 Å². The third-order valence-electron chi connectivity index (χ3n) is 0.785. The molecule has 0 aromatic heterocycles. The molecular formula is C4H9F2N. The normalized spacial score (nSPS) is 10.3. The van der Waals surface area contributed by atoms with Gasteiger partial charge in [0.25, 0.3) is 0 Å². The molecule has 7 heavy (non-hydrogen) atoms. The van der Waals surface area contributed by atoms with Crippen LogP contribution in [0.2, 0.25) is 0 Å². The molecule has 0 amide bonds. The quantitative estimate of drug-likeness (QED) is 0.491. The summed E-state index contributed by atoms with van der Waals surface area (Å²) >= 11 is 0. The second kappa shape index (κ2) is 3.99. The summed E-state index contributed by atoms with van der Waals surface area (Å²) in [5.74, 6) is 0. The first kappa shape index (κ1) is 6.82. The minimum Gasteiger partial charge on any atom is -0.249 e. The number of hydrogen-bond donors (Lipinski definition) is 0. The van der Waals surface area contributed by atoms with Gasteiger partial charge in [-0.05, 0) is 0 Å². The molecule has 0 atom stereocenters. The number of nitrogens with zero attached hydrogens (tertiary/aromatic N) is 1. The van der Waals surface area contributed by atoms with Gasteiger partial charge >= 0.3 is 0 Å². The van der Waals surface area contributed by atoms with E-state index < -0.39 is 13.6 Å². The van der Waals surface area contributed by atoms with E-state index in [2.05, 4.69) is 0 Å². The Labute approximate surface area is 41.9 Å². The lowest BCUT2D eigenvalue weighted by molar-refractivity contribution is 0.133. The summed E-state index contributed by atoms with van der Waals surface area (Å²) in [6.07, 6.45) is 0. The van der Waals surface area contributed by atoms with Crippen LogP contribution < -0.4 is 0 Å². The first-order valence-electron chi connectivity index (χ1n) is 2.19. The first-order chi connectivity index (χ1) is 3.35. The van der Waals surface area contributed by atoms with Crippen molar-refractivity contribution in [2.45, 2.75) is 6.92 Å². The summed E-state index contributed by atoms with van der Waals surface area (Å²) in [7, 11) is 0. The first-order valence-corrected chi connectivity index (χ1v) is 2.19. The van der Waals surface area contributed by atoms with Crippen LogP contribution in [0.25, 0.3) is 0 Å². The van der Waals surface area contributed by atoms with Crippen molar-refractivity contribution in [2.75, 3.05) is 20.1 Å². The zero-order valence-electron chi connectivity index (χ0n) is 4.32. The predicted octanol–water partition coefficient (Wildman–Crippen LogP) is 1.16. The zero-order chi connectivity index (χ0) is 5.70. The average molecular weight is 109 g/mol. The molecule has 0 aliphatic carbocycles. The van der Waals surface area contributed by atoms with Crippen molar-refractivity contribution in [1.29, 1.82) is 0 Å². The van der Waals surface area contributed by atoms with E-state index in [0.29, 0.717) is 6.54 Å². The molecule has 0 saturated heterocycles. The van der Waals surface area contributed by atoms with Gasteiger partial charge in [0.05, 0.1) is 0 Å². The molecule has 0 spiro atoms. The van der Waals surface area contributed by atoms with Gasteiger partial charge in [0.2, 0.25) is 0 Å². The van der Waals surface area contributed by atoms with Gasteiger partial charge in [-0.15, -0.1) is 0 Å². The van der Waals surface area contributed by atoms with Gasteiger partial charge in [-0.2, -0.15) is 0 Å². The van der Waals surface area contributed by atoms with Crippen molar-refractivity contribution in [3.63, 3.8) is 0 Å². The molecule has 0 unspecified atom stereocenters. The standard InChI is InChI=1S/C4H9F2N/c1-2-7(3-5)4-6/h2-4H2,1H3. The Hall–Kier alpha value is -0.180. The average Bonchev–Trinajstić information content (AvgIpc) is 1.72. The highest BCUT2D eigenvalue weighted by Gasteiger charge is 1.94. The second-order valence-electron chi connectivity index (χ2n) is 1.23. The van der Waals surface area contributed by atoms with Crippen LogP contribution in [0, 0.1) is 0 Å². The van der Waals surface area contributed by atoms with E-state index in [4.69, 9.17) is 0 Å². The van der Waals surface area contributed by atoms with Crippen LogP contribution >= 0.6 is 0 Å². The van der Waals surface area contributed by atoms with Gasteiger partial charge in [0, 0.05) is 6.54 Å². The van der Waals surface area contributed by atoms with Gasteiger partial charge in [0.15, 0.2) is 0 Å². The Morgan fingerprint density at radius 1 is 1.29 bits per heavy atom. The number of rotatable bonds is 3.